The Labute approximate surface area is 273 Å². The number of rotatable bonds is 9. The Balaban J connectivity index is 0.000000256. The molecule has 2 saturated heterocycles. The van der Waals surface area contributed by atoms with Crippen molar-refractivity contribution in [2.24, 2.45) is 0 Å². The molecular formula is C31H42F6N2O6S2. The Morgan fingerprint density at radius 1 is 0.660 bits per heavy atom. The van der Waals surface area contributed by atoms with Gasteiger partial charge in [0.2, 0.25) is 0 Å². The third-order valence-electron chi connectivity index (χ3n) is 8.66. The Morgan fingerprint density at radius 3 is 1.34 bits per heavy atom. The summed E-state index contributed by atoms with van der Waals surface area (Å²) < 4.78 is 128. The quantitative estimate of drug-likeness (QED) is 0.153. The molecule has 0 atom stereocenters. The molecule has 0 saturated carbocycles. The van der Waals surface area contributed by atoms with E-state index in [1.54, 1.807) is 19.9 Å². The van der Waals surface area contributed by atoms with E-state index in [9.17, 15) is 43.2 Å². The van der Waals surface area contributed by atoms with E-state index in [0.717, 1.165) is 82.5 Å². The lowest BCUT2D eigenvalue weighted by atomic mass is 9.86. The topological polar surface area (TPSA) is 93.2 Å². The van der Waals surface area contributed by atoms with Gasteiger partial charge in [0, 0.05) is 0 Å². The van der Waals surface area contributed by atoms with Crippen LogP contribution in [0.3, 0.4) is 0 Å². The molecule has 47 heavy (non-hydrogen) atoms. The highest BCUT2D eigenvalue weighted by atomic mass is 32.2. The van der Waals surface area contributed by atoms with Gasteiger partial charge < -0.3 is 18.2 Å². The lowest BCUT2D eigenvalue weighted by Crippen LogP contribution is -2.33. The van der Waals surface area contributed by atoms with E-state index >= 15 is 0 Å². The molecule has 0 unspecified atom stereocenters. The van der Waals surface area contributed by atoms with Gasteiger partial charge in [0.1, 0.15) is 11.5 Å². The standard InChI is InChI=1S/C16H22F3NO3S.C15H20F3NO3S/c1-3-9-20-10-7-13(8-11-20)14-5-4-6-15(12(14)2)23-24(21,22)16(17,18)19;1-3-19-9-7-12(8-10-19)13-5-4-6-14(11(13)2)22-23(20,21)15(16,17)18/h4-6,13H,3,7-11H2,1-2H3;4-6,12H,3,7-10H2,1-2H3. The molecule has 0 spiro atoms. The fourth-order valence-corrected chi connectivity index (χ4v) is 7.03. The molecule has 0 amide bonds. The predicted molar refractivity (Wildman–Crippen MR) is 166 cm³/mol. The van der Waals surface area contributed by atoms with Crippen LogP contribution in [0.5, 0.6) is 11.5 Å². The van der Waals surface area contributed by atoms with E-state index in [4.69, 9.17) is 0 Å². The van der Waals surface area contributed by atoms with Gasteiger partial charge in [-0.15, -0.1) is 0 Å². The van der Waals surface area contributed by atoms with Crippen molar-refractivity contribution < 1.29 is 51.5 Å². The minimum Gasteiger partial charge on any atom is -0.376 e. The number of halogens is 6. The molecule has 0 aromatic heterocycles. The highest BCUT2D eigenvalue weighted by Gasteiger charge is 2.49. The van der Waals surface area contributed by atoms with Crippen LogP contribution in [0.2, 0.25) is 0 Å². The number of likely N-dealkylation sites (tertiary alicyclic amines) is 2. The molecule has 2 aromatic rings. The van der Waals surface area contributed by atoms with Gasteiger partial charge in [-0.1, -0.05) is 38.1 Å². The van der Waals surface area contributed by atoms with Crippen LogP contribution in [-0.2, 0) is 20.2 Å². The largest absolute Gasteiger partial charge is 0.534 e. The van der Waals surface area contributed by atoms with E-state index in [1.165, 1.54) is 18.2 Å². The van der Waals surface area contributed by atoms with Crippen LogP contribution >= 0.6 is 0 Å². The number of alkyl halides is 6. The second kappa shape index (κ2) is 15.8. The van der Waals surface area contributed by atoms with E-state index in [1.807, 2.05) is 12.1 Å². The molecule has 2 heterocycles. The number of nitrogens with zero attached hydrogens (tertiary/aromatic N) is 2. The van der Waals surface area contributed by atoms with Crippen molar-refractivity contribution in [3.05, 3.63) is 58.7 Å². The second-order valence-electron chi connectivity index (χ2n) is 11.7. The second-order valence-corrected chi connectivity index (χ2v) is 14.8. The molecule has 0 bridgehead atoms. The van der Waals surface area contributed by atoms with Crippen molar-refractivity contribution in [1.29, 1.82) is 0 Å². The first kappa shape index (κ1) is 38.9. The number of piperidine rings is 2. The summed E-state index contributed by atoms with van der Waals surface area (Å²) in [4.78, 5) is 4.67. The third kappa shape index (κ3) is 9.98. The van der Waals surface area contributed by atoms with Gasteiger partial charge in [0.15, 0.2) is 0 Å². The minimum absolute atomic E-state index is 0.204. The minimum atomic E-state index is -5.65. The summed E-state index contributed by atoms with van der Waals surface area (Å²) in [6.45, 7) is 13.1. The fraction of sp³-hybridized carbons (Fsp3) is 0.613. The molecule has 2 aliphatic heterocycles. The fourth-order valence-electron chi connectivity index (χ4n) is 6.00. The van der Waals surface area contributed by atoms with E-state index in [2.05, 4.69) is 32.0 Å². The zero-order chi connectivity index (χ0) is 35.2. The van der Waals surface area contributed by atoms with Gasteiger partial charge in [-0.3, -0.25) is 0 Å². The Hall–Kier alpha value is -2.56. The van der Waals surface area contributed by atoms with E-state index < -0.39 is 31.3 Å². The molecule has 8 nitrogen and oxygen atoms in total. The van der Waals surface area contributed by atoms with Crippen LogP contribution < -0.4 is 8.37 Å². The summed E-state index contributed by atoms with van der Waals surface area (Å²) in [6, 6.07) is 9.26. The molecule has 2 aliphatic rings. The first-order valence-electron chi connectivity index (χ1n) is 15.5. The number of hydrogen-bond donors (Lipinski definition) is 0. The Bertz CT molecular complexity index is 1550. The van der Waals surface area contributed by atoms with E-state index in [0.29, 0.717) is 11.1 Å². The summed E-state index contributed by atoms with van der Waals surface area (Å²) in [5.41, 5.74) is -8.23. The first-order chi connectivity index (χ1) is 21.8. The van der Waals surface area contributed by atoms with Gasteiger partial charge in [0.05, 0.1) is 0 Å². The average Bonchev–Trinajstić information content (AvgIpc) is 2.99. The smallest absolute Gasteiger partial charge is 0.376 e. The molecule has 0 radical (unpaired) electrons. The highest BCUT2D eigenvalue weighted by Crippen LogP contribution is 2.37. The van der Waals surface area contributed by atoms with Gasteiger partial charge in [0.25, 0.3) is 0 Å². The molecule has 0 aliphatic carbocycles. The number of hydrogen-bond acceptors (Lipinski definition) is 8. The summed E-state index contributed by atoms with van der Waals surface area (Å²) in [6.07, 6.45) is 4.67. The summed E-state index contributed by atoms with van der Waals surface area (Å²) >= 11 is 0. The maximum Gasteiger partial charge on any atom is 0.534 e. The monoisotopic (exact) mass is 716 g/mol. The van der Waals surface area contributed by atoms with Gasteiger partial charge in [-0.25, -0.2) is 0 Å². The zero-order valence-corrected chi connectivity index (χ0v) is 28.5. The highest BCUT2D eigenvalue weighted by molar-refractivity contribution is 7.88. The first-order valence-corrected chi connectivity index (χ1v) is 18.3. The van der Waals surface area contributed by atoms with Crippen molar-refractivity contribution in [2.75, 3.05) is 39.3 Å². The molecule has 0 N–H and O–H groups in total. The van der Waals surface area contributed by atoms with Crippen molar-refractivity contribution in [3.63, 3.8) is 0 Å². The third-order valence-corrected chi connectivity index (χ3v) is 10.6. The van der Waals surface area contributed by atoms with Crippen LogP contribution in [0.15, 0.2) is 36.4 Å². The lowest BCUT2D eigenvalue weighted by molar-refractivity contribution is -0.0505. The van der Waals surface area contributed by atoms with Crippen molar-refractivity contribution >= 4 is 20.2 Å². The van der Waals surface area contributed by atoms with Crippen LogP contribution in [0, 0.1) is 13.8 Å². The van der Waals surface area contributed by atoms with Gasteiger partial charge in [-0.2, -0.15) is 43.2 Å². The summed E-state index contributed by atoms with van der Waals surface area (Å²) in [5.74, 6) is -0.0938. The predicted octanol–water partition coefficient (Wildman–Crippen LogP) is 7.24. The molecule has 4 rings (SSSR count). The lowest BCUT2D eigenvalue weighted by Gasteiger charge is -2.32. The average molecular weight is 717 g/mol. The van der Waals surface area contributed by atoms with Crippen molar-refractivity contribution in [2.45, 2.75) is 82.7 Å². The van der Waals surface area contributed by atoms with Crippen LogP contribution in [0.25, 0.3) is 0 Å². The summed E-state index contributed by atoms with van der Waals surface area (Å²) in [7, 11) is -11.3. The molecule has 2 aromatic carbocycles. The Morgan fingerprint density at radius 2 is 1.02 bits per heavy atom. The summed E-state index contributed by atoms with van der Waals surface area (Å²) in [5, 5.41) is 0. The number of benzene rings is 2. The maximum absolute atomic E-state index is 12.5. The van der Waals surface area contributed by atoms with Gasteiger partial charge >= 0.3 is 31.3 Å². The maximum atomic E-state index is 12.5. The SMILES string of the molecule is CCCN1CCC(c2cccc(OS(=O)(=O)C(F)(F)F)c2C)CC1.CCN1CCC(c2cccc(OS(=O)(=O)C(F)(F)F)c2C)CC1. The van der Waals surface area contributed by atoms with Crippen LogP contribution in [0.1, 0.15) is 80.0 Å². The van der Waals surface area contributed by atoms with E-state index in [-0.39, 0.29) is 23.3 Å². The normalized spacial score (nSPS) is 18.0. The van der Waals surface area contributed by atoms with Crippen LogP contribution in [0.4, 0.5) is 26.3 Å². The Kier molecular flexibility index (Phi) is 13.0. The molecule has 266 valence electrons. The van der Waals surface area contributed by atoms with Crippen LogP contribution in [-0.4, -0.2) is 76.9 Å². The van der Waals surface area contributed by atoms with Crippen molar-refractivity contribution in [1.82, 2.24) is 9.80 Å². The van der Waals surface area contributed by atoms with Gasteiger partial charge in [-0.05, 0) is 131 Å². The van der Waals surface area contributed by atoms with Crippen molar-refractivity contribution in [3.8, 4) is 11.5 Å². The molecular weight excluding hydrogens is 674 g/mol. The molecule has 16 heteroatoms. The zero-order valence-electron chi connectivity index (χ0n) is 26.8. The molecule has 2 fully saturated rings.